The molecule has 6 nitrogen and oxygen atoms in total. The van der Waals surface area contributed by atoms with E-state index in [0.29, 0.717) is 6.42 Å². The van der Waals surface area contributed by atoms with Gasteiger partial charge in [-0.15, -0.1) is 0 Å². The molecule has 19 heavy (non-hydrogen) atoms. The van der Waals surface area contributed by atoms with Gasteiger partial charge in [0.15, 0.2) is 0 Å². The van der Waals surface area contributed by atoms with Gasteiger partial charge in [-0.1, -0.05) is 6.92 Å². The first-order chi connectivity index (χ1) is 8.74. The van der Waals surface area contributed by atoms with E-state index in [9.17, 15) is 23.3 Å². The Morgan fingerprint density at radius 1 is 1.53 bits per heavy atom. The highest BCUT2D eigenvalue weighted by molar-refractivity contribution is 6.28. The van der Waals surface area contributed by atoms with Crippen LogP contribution < -0.4 is 4.90 Å². The predicted octanol–water partition coefficient (Wildman–Crippen LogP) is 2.82. The Morgan fingerprint density at radius 3 is 2.63 bits per heavy atom. The Labute approximate surface area is 111 Å². The van der Waals surface area contributed by atoms with Crippen molar-refractivity contribution in [2.75, 3.05) is 18.0 Å². The smallest absolute Gasteiger partial charge is 0.342 e. The molecule has 10 heteroatoms. The molecular formula is C9H10ClF3N4O2. The average molecular weight is 299 g/mol. The summed E-state index contributed by atoms with van der Waals surface area (Å²) in [5, 5.41) is 10.4. The van der Waals surface area contributed by atoms with E-state index in [1.54, 1.807) is 6.92 Å². The highest BCUT2D eigenvalue weighted by Gasteiger charge is 2.34. The molecule has 0 unspecified atom stereocenters. The molecule has 1 aromatic rings. The van der Waals surface area contributed by atoms with Crippen molar-refractivity contribution in [1.29, 1.82) is 0 Å². The van der Waals surface area contributed by atoms with Crippen LogP contribution in [0.1, 0.15) is 13.3 Å². The van der Waals surface area contributed by atoms with Crippen LogP contribution in [0.4, 0.5) is 24.7 Å². The molecule has 0 aliphatic heterocycles. The van der Waals surface area contributed by atoms with Gasteiger partial charge in [0.25, 0.3) is 0 Å². The lowest BCUT2D eigenvalue weighted by atomic mass is 10.3. The molecule has 0 aliphatic rings. The van der Waals surface area contributed by atoms with Crippen LogP contribution in [0.25, 0.3) is 0 Å². The van der Waals surface area contributed by atoms with Gasteiger partial charge in [0.1, 0.15) is 12.7 Å². The number of rotatable bonds is 5. The SMILES string of the molecule is CCCN(CC(F)(F)F)c1nc(Cl)ncc1[N+](=O)[O-]. The fourth-order valence-corrected chi connectivity index (χ4v) is 1.58. The van der Waals surface area contributed by atoms with Crippen molar-refractivity contribution in [3.63, 3.8) is 0 Å². The maximum Gasteiger partial charge on any atom is 0.405 e. The second-order valence-electron chi connectivity index (χ2n) is 3.64. The molecule has 0 saturated heterocycles. The zero-order valence-electron chi connectivity index (χ0n) is 9.82. The van der Waals surface area contributed by atoms with E-state index in [0.717, 1.165) is 11.1 Å². The highest BCUT2D eigenvalue weighted by Crippen LogP contribution is 2.29. The molecule has 1 aromatic heterocycles. The summed E-state index contributed by atoms with van der Waals surface area (Å²) in [5.74, 6) is -0.427. The lowest BCUT2D eigenvalue weighted by Gasteiger charge is -2.23. The molecule has 0 N–H and O–H groups in total. The molecule has 0 atom stereocenters. The summed E-state index contributed by atoms with van der Waals surface area (Å²) in [5.41, 5.74) is -0.609. The summed E-state index contributed by atoms with van der Waals surface area (Å²) >= 11 is 5.48. The molecule has 0 fully saturated rings. The molecule has 0 radical (unpaired) electrons. The van der Waals surface area contributed by atoms with Crippen molar-refractivity contribution < 1.29 is 18.1 Å². The van der Waals surface area contributed by atoms with Crippen molar-refractivity contribution >= 4 is 23.1 Å². The molecule has 1 rings (SSSR count). The van der Waals surface area contributed by atoms with Gasteiger partial charge >= 0.3 is 11.9 Å². The normalized spacial score (nSPS) is 11.4. The van der Waals surface area contributed by atoms with Gasteiger partial charge in [-0.05, 0) is 18.0 Å². The summed E-state index contributed by atoms with van der Waals surface area (Å²) in [4.78, 5) is 17.6. The van der Waals surface area contributed by atoms with Crippen LogP contribution in [-0.4, -0.2) is 34.2 Å². The highest BCUT2D eigenvalue weighted by atomic mass is 35.5. The summed E-state index contributed by atoms with van der Waals surface area (Å²) in [6, 6.07) is 0. The van der Waals surface area contributed by atoms with E-state index in [4.69, 9.17) is 11.6 Å². The van der Waals surface area contributed by atoms with Crippen LogP contribution in [0.5, 0.6) is 0 Å². The average Bonchev–Trinajstić information content (AvgIpc) is 2.26. The first kappa shape index (κ1) is 15.4. The molecular weight excluding hydrogens is 289 g/mol. The fourth-order valence-electron chi connectivity index (χ4n) is 1.45. The van der Waals surface area contributed by atoms with Crippen LogP contribution >= 0.6 is 11.6 Å². The minimum Gasteiger partial charge on any atom is -0.342 e. The quantitative estimate of drug-likeness (QED) is 0.475. The minimum absolute atomic E-state index is 0.0340. The summed E-state index contributed by atoms with van der Waals surface area (Å²) < 4.78 is 37.4. The molecule has 106 valence electrons. The Bertz CT molecular complexity index is 469. The summed E-state index contributed by atoms with van der Waals surface area (Å²) in [6.45, 7) is 0.278. The molecule has 0 bridgehead atoms. The molecule has 0 aromatic carbocycles. The Hall–Kier alpha value is -1.64. The molecule has 0 aliphatic carbocycles. The third kappa shape index (κ3) is 4.51. The number of nitrogens with zero attached hydrogens (tertiary/aromatic N) is 4. The van der Waals surface area contributed by atoms with E-state index in [1.807, 2.05) is 0 Å². The van der Waals surface area contributed by atoms with Gasteiger partial charge in [-0.25, -0.2) is 4.98 Å². The number of halogens is 4. The van der Waals surface area contributed by atoms with Crippen LogP contribution in [0.15, 0.2) is 6.20 Å². The van der Waals surface area contributed by atoms with Crippen molar-refractivity contribution in [2.45, 2.75) is 19.5 Å². The van der Waals surface area contributed by atoms with Gasteiger partial charge in [0.2, 0.25) is 11.1 Å². The van der Waals surface area contributed by atoms with E-state index in [-0.39, 0.29) is 11.8 Å². The van der Waals surface area contributed by atoms with E-state index < -0.39 is 29.1 Å². The van der Waals surface area contributed by atoms with Crippen LogP contribution in [-0.2, 0) is 0 Å². The lowest BCUT2D eigenvalue weighted by molar-refractivity contribution is -0.384. The van der Waals surface area contributed by atoms with E-state index >= 15 is 0 Å². The summed E-state index contributed by atoms with van der Waals surface area (Å²) in [6.07, 6.45) is -3.33. The van der Waals surface area contributed by atoms with Crippen molar-refractivity contribution in [2.24, 2.45) is 0 Å². The van der Waals surface area contributed by atoms with Crippen LogP contribution in [0, 0.1) is 10.1 Å². The van der Waals surface area contributed by atoms with E-state index in [1.165, 1.54) is 0 Å². The number of nitro groups is 1. The number of aromatic nitrogens is 2. The Balaban J connectivity index is 3.20. The maximum atomic E-state index is 12.5. The standard InChI is InChI=1S/C9H10ClF3N4O2/c1-2-3-16(5-9(11,12)13)7-6(17(18)19)4-14-8(10)15-7/h4H,2-3,5H2,1H3. The van der Waals surface area contributed by atoms with Gasteiger partial charge < -0.3 is 4.90 Å². The second-order valence-corrected chi connectivity index (χ2v) is 3.98. The monoisotopic (exact) mass is 298 g/mol. The topological polar surface area (TPSA) is 72.2 Å². The lowest BCUT2D eigenvalue weighted by Crippen LogP contribution is -2.36. The van der Waals surface area contributed by atoms with Gasteiger partial charge in [-0.3, -0.25) is 10.1 Å². The van der Waals surface area contributed by atoms with Gasteiger partial charge in [-0.2, -0.15) is 18.2 Å². The van der Waals surface area contributed by atoms with Gasteiger partial charge in [0, 0.05) is 6.54 Å². The minimum atomic E-state index is -4.50. The van der Waals surface area contributed by atoms with Crippen molar-refractivity contribution in [3.8, 4) is 0 Å². The van der Waals surface area contributed by atoms with Crippen LogP contribution in [0.3, 0.4) is 0 Å². The largest absolute Gasteiger partial charge is 0.405 e. The van der Waals surface area contributed by atoms with Crippen molar-refractivity contribution in [1.82, 2.24) is 9.97 Å². The maximum absolute atomic E-state index is 12.5. The zero-order valence-corrected chi connectivity index (χ0v) is 10.6. The second kappa shape index (κ2) is 6.00. The molecule has 0 spiro atoms. The molecule has 1 heterocycles. The Morgan fingerprint density at radius 2 is 2.16 bits per heavy atom. The number of hydrogen-bond acceptors (Lipinski definition) is 5. The summed E-state index contributed by atoms with van der Waals surface area (Å²) in [7, 11) is 0. The number of alkyl halides is 3. The first-order valence-electron chi connectivity index (χ1n) is 5.23. The van der Waals surface area contributed by atoms with Crippen LogP contribution in [0.2, 0.25) is 5.28 Å². The predicted molar refractivity (Wildman–Crippen MR) is 62.3 cm³/mol. The fraction of sp³-hybridized carbons (Fsp3) is 0.556. The van der Waals surface area contributed by atoms with E-state index in [2.05, 4.69) is 9.97 Å². The molecule has 0 saturated carbocycles. The van der Waals surface area contributed by atoms with Crippen molar-refractivity contribution in [3.05, 3.63) is 21.6 Å². The third-order valence-corrected chi connectivity index (χ3v) is 2.26. The third-order valence-electron chi connectivity index (χ3n) is 2.08. The Kier molecular flexibility index (Phi) is 4.87. The molecule has 0 amide bonds. The number of anilines is 1. The number of hydrogen-bond donors (Lipinski definition) is 0. The van der Waals surface area contributed by atoms with Gasteiger partial charge in [0.05, 0.1) is 4.92 Å². The zero-order chi connectivity index (χ0) is 14.6. The first-order valence-corrected chi connectivity index (χ1v) is 5.61.